The lowest BCUT2D eigenvalue weighted by molar-refractivity contribution is 0.232. The summed E-state index contributed by atoms with van der Waals surface area (Å²) < 4.78 is 0. The lowest BCUT2D eigenvalue weighted by Crippen LogP contribution is -2.37. The summed E-state index contributed by atoms with van der Waals surface area (Å²) in [7, 11) is 0. The monoisotopic (exact) mass is 290 g/mol. The van der Waals surface area contributed by atoms with E-state index in [2.05, 4.69) is 61.0 Å². The van der Waals surface area contributed by atoms with Crippen LogP contribution in [0.15, 0.2) is 18.2 Å². The number of aromatic nitrogens is 1. The average molecular weight is 290 g/mol. The lowest BCUT2D eigenvalue weighted by Gasteiger charge is -2.26. The Hall–Kier alpha value is -1.13. The van der Waals surface area contributed by atoms with Crippen LogP contribution in [0.5, 0.6) is 0 Å². The molecular weight excluding hydrogens is 260 g/mol. The van der Waals surface area contributed by atoms with Crippen LogP contribution in [0.4, 0.5) is 5.82 Å². The molecule has 0 aliphatic carbocycles. The molecule has 1 saturated heterocycles. The molecule has 2 rings (SSSR count). The van der Waals surface area contributed by atoms with Crippen molar-refractivity contribution >= 4 is 5.82 Å². The molecule has 2 heterocycles. The Bertz CT molecular complexity index is 429. The van der Waals surface area contributed by atoms with Gasteiger partial charge >= 0.3 is 0 Å². The SMILES string of the molecule is CCN(CC)C1CCN(c2cccc(CNC(C)C)n2)C1. The Balaban J connectivity index is 1.98. The molecule has 4 heteroatoms. The van der Waals surface area contributed by atoms with Crippen LogP contribution in [0.2, 0.25) is 0 Å². The van der Waals surface area contributed by atoms with Gasteiger partial charge in [0.2, 0.25) is 0 Å². The number of nitrogens with one attached hydrogen (secondary N) is 1. The number of likely N-dealkylation sites (N-methyl/N-ethyl adjacent to an activating group) is 1. The molecule has 0 saturated carbocycles. The molecule has 1 atom stereocenters. The molecule has 21 heavy (non-hydrogen) atoms. The maximum Gasteiger partial charge on any atom is 0.128 e. The van der Waals surface area contributed by atoms with Gasteiger partial charge in [0.25, 0.3) is 0 Å². The van der Waals surface area contributed by atoms with Crippen LogP contribution in [0, 0.1) is 0 Å². The molecule has 0 radical (unpaired) electrons. The zero-order valence-electron chi connectivity index (χ0n) is 14.0. The zero-order chi connectivity index (χ0) is 15.2. The quantitative estimate of drug-likeness (QED) is 0.836. The van der Waals surface area contributed by atoms with Crippen molar-refractivity contribution in [2.24, 2.45) is 0 Å². The van der Waals surface area contributed by atoms with Crippen molar-refractivity contribution in [3.05, 3.63) is 23.9 Å². The summed E-state index contributed by atoms with van der Waals surface area (Å²) in [6.45, 7) is 14.2. The summed E-state index contributed by atoms with van der Waals surface area (Å²) in [5, 5.41) is 3.44. The van der Waals surface area contributed by atoms with E-state index < -0.39 is 0 Å². The second-order valence-corrected chi connectivity index (χ2v) is 6.13. The lowest BCUT2D eigenvalue weighted by atomic mass is 10.2. The fourth-order valence-corrected chi connectivity index (χ4v) is 3.04. The van der Waals surface area contributed by atoms with Crippen molar-refractivity contribution in [2.45, 2.75) is 52.7 Å². The van der Waals surface area contributed by atoms with E-state index in [-0.39, 0.29) is 0 Å². The van der Waals surface area contributed by atoms with Gasteiger partial charge in [-0.1, -0.05) is 33.8 Å². The van der Waals surface area contributed by atoms with E-state index in [9.17, 15) is 0 Å². The summed E-state index contributed by atoms with van der Waals surface area (Å²) in [5.74, 6) is 1.13. The van der Waals surface area contributed by atoms with E-state index in [1.165, 1.54) is 6.42 Å². The minimum absolute atomic E-state index is 0.495. The van der Waals surface area contributed by atoms with Gasteiger partial charge in [-0.05, 0) is 31.6 Å². The molecular formula is C17H30N4. The van der Waals surface area contributed by atoms with Gasteiger partial charge in [0.1, 0.15) is 5.82 Å². The summed E-state index contributed by atoms with van der Waals surface area (Å²) in [5.41, 5.74) is 1.13. The molecule has 0 spiro atoms. The predicted molar refractivity (Wildman–Crippen MR) is 89.8 cm³/mol. The Kier molecular flexibility index (Phi) is 6.00. The summed E-state index contributed by atoms with van der Waals surface area (Å²) in [6.07, 6.45) is 1.25. The third-order valence-electron chi connectivity index (χ3n) is 4.30. The number of anilines is 1. The van der Waals surface area contributed by atoms with E-state index >= 15 is 0 Å². The van der Waals surface area contributed by atoms with Gasteiger partial charge in [-0.3, -0.25) is 4.90 Å². The first-order chi connectivity index (χ1) is 10.1. The van der Waals surface area contributed by atoms with Gasteiger partial charge in [0.15, 0.2) is 0 Å². The molecule has 0 bridgehead atoms. The second kappa shape index (κ2) is 7.76. The van der Waals surface area contributed by atoms with E-state index in [1.807, 2.05) is 0 Å². The first-order valence-corrected chi connectivity index (χ1v) is 8.32. The maximum atomic E-state index is 4.82. The number of nitrogens with zero attached hydrogens (tertiary/aromatic N) is 3. The van der Waals surface area contributed by atoms with Crippen LogP contribution in [0.1, 0.15) is 39.8 Å². The van der Waals surface area contributed by atoms with Crippen molar-refractivity contribution in [3.63, 3.8) is 0 Å². The van der Waals surface area contributed by atoms with Gasteiger partial charge in [0.05, 0.1) is 5.69 Å². The first-order valence-electron chi connectivity index (χ1n) is 8.32. The van der Waals surface area contributed by atoms with Gasteiger partial charge in [-0.25, -0.2) is 4.98 Å². The van der Waals surface area contributed by atoms with Gasteiger partial charge in [-0.15, -0.1) is 0 Å². The molecule has 1 aromatic heterocycles. The van der Waals surface area contributed by atoms with E-state index in [0.717, 1.165) is 44.2 Å². The fourth-order valence-electron chi connectivity index (χ4n) is 3.04. The van der Waals surface area contributed by atoms with Crippen LogP contribution in [-0.4, -0.2) is 48.1 Å². The average Bonchev–Trinajstić information content (AvgIpc) is 2.96. The van der Waals surface area contributed by atoms with Crippen LogP contribution in [0.3, 0.4) is 0 Å². The minimum atomic E-state index is 0.495. The number of hydrogen-bond donors (Lipinski definition) is 1. The number of hydrogen-bond acceptors (Lipinski definition) is 4. The summed E-state index contributed by atoms with van der Waals surface area (Å²) >= 11 is 0. The normalized spacial score (nSPS) is 19.0. The molecule has 1 fully saturated rings. The molecule has 118 valence electrons. The minimum Gasteiger partial charge on any atom is -0.355 e. The van der Waals surface area contributed by atoms with Crippen LogP contribution >= 0.6 is 0 Å². The zero-order valence-corrected chi connectivity index (χ0v) is 14.0. The molecule has 4 nitrogen and oxygen atoms in total. The van der Waals surface area contributed by atoms with Gasteiger partial charge in [-0.2, -0.15) is 0 Å². The van der Waals surface area contributed by atoms with Crippen molar-refractivity contribution in [3.8, 4) is 0 Å². The summed E-state index contributed by atoms with van der Waals surface area (Å²) in [4.78, 5) is 9.81. The molecule has 1 aromatic rings. The number of rotatable bonds is 7. The highest BCUT2D eigenvalue weighted by atomic mass is 15.3. The van der Waals surface area contributed by atoms with E-state index in [1.54, 1.807) is 0 Å². The largest absolute Gasteiger partial charge is 0.355 e. The smallest absolute Gasteiger partial charge is 0.128 e. The highest BCUT2D eigenvalue weighted by Gasteiger charge is 2.26. The topological polar surface area (TPSA) is 31.4 Å². The molecule has 1 aliphatic rings. The highest BCUT2D eigenvalue weighted by Crippen LogP contribution is 2.21. The van der Waals surface area contributed by atoms with Crippen LogP contribution in [0.25, 0.3) is 0 Å². The fraction of sp³-hybridized carbons (Fsp3) is 0.706. The van der Waals surface area contributed by atoms with Crippen molar-refractivity contribution < 1.29 is 0 Å². The molecule has 1 aliphatic heterocycles. The van der Waals surface area contributed by atoms with Crippen molar-refractivity contribution in [1.82, 2.24) is 15.2 Å². The maximum absolute atomic E-state index is 4.82. The van der Waals surface area contributed by atoms with E-state index in [4.69, 9.17) is 4.98 Å². The Morgan fingerprint density at radius 3 is 2.76 bits per heavy atom. The first kappa shape index (κ1) is 16.2. The third-order valence-corrected chi connectivity index (χ3v) is 4.30. The van der Waals surface area contributed by atoms with Crippen molar-refractivity contribution in [2.75, 3.05) is 31.1 Å². The van der Waals surface area contributed by atoms with Gasteiger partial charge in [0, 0.05) is 31.7 Å². The Morgan fingerprint density at radius 1 is 1.33 bits per heavy atom. The molecule has 0 aromatic carbocycles. The second-order valence-electron chi connectivity index (χ2n) is 6.13. The molecule has 0 amide bonds. The Labute approximate surface area is 129 Å². The highest BCUT2D eigenvalue weighted by molar-refractivity contribution is 5.41. The third kappa shape index (κ3) is 4.42. The van der Waals surface area contributed by atoms with E-state index in [0.29, 0.717) is 12.1 Å². The van der Waals surface area contributed by atoms with Crippen LogP contribution in [-0.2, 0) is 6.54 Å². The number of pyridine rings is 1. The molecule has 1 N–H and O–H groups in total. The van der Waals surface area contributed by atoms with Gasteiger partial charge < -0.3 is 10.2 Å². The Morgan fingerprint density at radius 2 is 2.10 bits per heavy atom. The molecule has 1 unspecified atom stereocenters. The standard InChI is InChI=1S/C17H30N4/c1-5-20(6-2)16-10-11-21(13-16)17-9-7-8-15(19-17)12-18-14(3)4/h7-9,14,16,18H,5-6,10-13H2,1-4H3. The van der Waals surface area contributed by atoms with Crippen LogP contribution < -0.4 is 10.2 Å². The van der Waals surface area contributed by atoms with Crippen molar-refractivity contribution in [1.29, 1.82) is 0 Å². The predicted octanol–water partition coefficient (Wildman–Crippen LogP) is 2.50. The summed E-state index contributed by atoms with van der Waals surface area (Å²) in [6, 6.07) is 7.55.